The molecule has 0 aliphatic rings. The number of hydrogen-bond acceptors (Lipinski definition) is 3. The van der Waals surface area contributed by atoms with E-state index in [-0.39, 0.29) is 34.0 Å². The van der Waals surface area contributed by atoms with E-state index in [4.69, 9.17) is 0 Å². The van der Waals surface area contributed by atoms with Crippen molar-refractivity contribution >= 4 is 61.2 Å². The number of aromatic nitrogens is 2. The van der Waals surface area contributed by atoms with Gasteiger partial charge < -0.3 is 5.32 Å². The second kappa shape index (κ2) is 7.67. The molecule has 8 heteroatoms. The van der Waals surface area contributed by atoms with Crippen LogP contribution in [0.5, 0.6) is 0 Å². The lowest BCUT2D eigenvalue weighted by Gasteiger charge is -2.10. The SMILES string of the molecule is Br.O=C(CBr)Nc1cc2[nH]ncc2cc1C(=O)c1ccc(F)cc1. The van der Waals surface area contributed by atoms with Crippen LogP contribution in [-0.2, 0) is 4.79 Å². The van der Waals surface area contributed by atoms with Gasteiger partial charge in [-0.2, -0.15) is 5.10 Å². The van der Waals surface area contributed by atoms with Gasteiger partial charge in [0.05, 0.1) is 22.7 Å². The van der Waals surface area contributed by atoms with Crippen molar-refractivity contribution in [3.05, 3.63) is 59.5 Å². The van der Waals surface area contributed by atoms with Gasteiger partial charge in [0.1, 0.15) is 5.82 Å². The number of ketones is 1. The maximum absolute atomic E-state index is 13.0. The molecule has 0 saturated heterocycles. The van der Waals surface area contributed by atoms with E-state index in [9.17, 15) is 14.0 Å². The molecule has 1 heterocycles. The Balaban J connectivity index is 0.00000208. The van der Waals surface area contributed by atoms with Gasteiger partial charge in [0.2, 0.25) is 5.91 Å². The Kier molecular flexibility index (Phi) is 5.84. The van der Waals surface area contributed by atoms with E-state index in [1.165, 1.54) is 24.3 Å². The van der Waals surface area contributed by atoms with Crippen molar-refractivity contribution in [3.63, 3.8) is 0 Å². The van der Waals surface area contributed by atoms with Crippen molar-refractivity contribution in [2.45, 2.75) is 0 Å². The molecule has 0 radical (unpaired) electrons. The molecule has 1 aromatic heterocycles. The Morgan fingerprint density at radius 1 is 1.21 bits per heavy atom. The third-order valence-electron chi connectivity index (χ3n) is 3.32. The number of anilines is 1. The number of hydrogen-bond donors (Lipinski definition) is 2. The van der Waals surface area contributed by atoms with E-state index in [1.807, 2.05) is 0 Å². The van der Waals surface area contributed by atoms with Gasteiger partial charge in [-0.1, -0.05) is 15.9 Å². The number of aromatic amines is 1. The molecule has 0 spiro atoms. The number of fused-ring (bicyclic) bond motifs is 1. The van der Waals surface area contributed by atoms with Gasteiger partial charge in [0.15, 0.2) is 5.78 Å². The summed E-state index contributed by atoms with van der Waals surface area (Å²) in [5.41, 5.74) is 1.73. The van der Waals surface area contributed by atoms with Crippen molar-refractivity contribution in [2.75, 3.05) is 10.6 Å². The van der Waals surface area contributed by atoms with Crippen LogP contribution in [0.25, 0.3) is 10.9 Å². The van der Waals surface area contributed by atoms with Crippen molar-refractivity contribution in [1.29, 1.82) is 0 Å². The lowest BCUT2D eigenvalue weighted by molar-refractivity contribution is -0.113. The van der Waals surface area contributed by atoms with Crippen LogP contribution in [0.1, 0.15) is 15.9 Å². The van der Waals surface area contributed by atoms with Gasteiger partial charge in [0, 0.05) is 16.5 Å². The minimum absolute atomic E-state index is 0. The standard InChI is InChI=1S/C16H11BrFN3O2.BrH/c17-7-15(22)20-14-6-13-10(8-19-21-13)5-12(14)16(23)9-1-3-11(18)4-2-9;/h1-6,8H,7H2,(H,19,21)(H,20,22);1H. The highest BCUT2D eigenvalue weighted by molar-refractivity contribution is 9.09. The predicted molar refractivity (Wildman–Crippen MR) is 98.7 cm³/mol. The van der Waals surface area contributed by atoms with E-state index in [0.717, 1.165) is 5.39 Å². The zero-order chi connectivity index (χ0) is 16.4. The summed E-state index contributed by atoms with van der Waals surface area (Å²) in [4.78, 5) is 24.4. The van der Waals surface area contributed by atoms with E-state index >= 15 is 0 Å². The maximum Gasteiger partial charge on any atom is 0.235 e. The Hall–Kier alpha value is -2.06. The average Bonchev–Trinajstić information content (AvgIpc) is 3.01. The largest absolute Gasteiger partial charge is 0.325 e. The molecule has 0 saturated carbocycles. The number of H-pyrrole nitrogens is 1. The number of nitrogens with one attached hydrogen (secondary N) is 2. The molecule has 3 rings (SSSR count). The van der Waals surface area contributed by atoms with Crippen LogP contribution in [-0.4, -0.2) is 27.2 Å². The van der Waals surface area contributed by atoms with Crippen molar-refractivity contribution in [2.24, 2.45) is 0 Å². The number of benzene rings is 2. The minimum Gasteiger partial charge on any atom is -0.325 e. The molecule has 1 amide bonds. The van der Waals surface area contributed by atoms with Crippen LogP contribution in [0.4, 0.5) is 10.1 Å². The Bertz CT molecular complexity index is 894. The third-order valence-corrected chi connectivity index (χ3v) is 3.83. The van der Waals surface area contributed by atoms with E-state index in [1.54, 1.807) is 18.3 Å². The first kappa shape index (κ1) is 18.3. The van der Waals surface area contributed by atoms with Gasteiger partial charge in [-0.15, -0.1) is 17.0 Å². The second-order valence-electron chi connectivity index (χ2n) is 4.87. The van der Waals surface area contributed by atoms with Gasteiger partial charge in [0.25, 0.3) is 0 Å². The molecule has 2 N–H and O–H groups in total. The minimum atomic E-state index is -0.417. The van der Waals surface area contributed by atoms with Crippen LogP contribution in [0, 0.1) is 5.82 Å². The summed E-state index contributed by atoms with van der Waals surface area (Å²) < 4.78 is 13.0. The molecule has 5 nitrogen and oxygen atoms in total. The summed E-state index contributed by atoms with van der Waals surface area (Å²) >= 11 is 3.07. The van der Waals surface area contributed by atoms with Crippen LogP contribution in [0.2, 0.25) is 0 Å². The fraction of sp³-hybridized carbons (Fsp3) is 0.0625. The zero-order valence-corrected chi connectivity index (χ0v) is 15.5. The molecule has 24 heavy (non-hydrogen) atoms. The summed E-state index contributed by atoms with van der Waals surface area (Å²) in [6, 6.07) is 8.56. The normalized spacial score (nSPS) is 10.2. The molecular formula is C16H12Br2FN3O2. The molecule has 0 unspecified atom stereocenters. The zero-order valence-electron chi connectivity index (χ0n) is 12.2. The highest BCUT2D eigenvalue weighted by Crippen LogP contribution is 2.25. The first-order valence-corrected chi connectivity index (χ1v) is 7.84. The number of carbonyl (C=O) groups is 2. The van der Waals surface area contributed by atoms with Crippen LogP contribution in [0.3, 0.4) is 0 Å². The van der Waals surface area contributed by atoms with Crippen LogP contribution < -0.4 is 5.32 Å². The van der Waals surface area contributed by atoms with E-state index in [0.29, 0.717) is 22.3 Å². The molecule has 0 bridgehead atoms. The topological polar surface area (TPSA) is 74.8 Å². The number of alkyl halides is 1. The van der Waals surface area contributed by atoms with Crippen molar-refractivity contribution in [1.82, 2.24) is 10.2 Å². The first-order chi connectivity index (χ1) is 11.1. The quantitative estimate of drug-likeness (QED) is 0.462. The summed E-state index contributed by atoms with van der Waals surface area (Å²) in [7, 11) is 0. The summed E-state index contributed by atoms with van der Waals surface area (Å²) in [6.07, 6.45) is 1.59. The molecule has 3 aromatic rings. The molecular weight excluding hydrogens is 445 g/mol. The molecule has 124 valence electrons. The van der Waals surface area contributed by atoms with E-state index in [2.05, 4.69) is 31.4 Å². The summed E-state index contributed by atoms with van der Waals surface area (Å²) in [6.45, 7) is 0. The van der Waals surface area contributed by atoms with Crippen molar-refractivity contribution < 1.29 is 14.0 Å². The maximum atomic E-state index is 13.0. The molecule has 2 aromatic carbocycles. The monoisotopic (exact) mass is 455 g/mol. The fourth-order valence-corrected chi connectivity index (χ4v) is 2.36. The van der Waals surface area contributed by atoms with Gasteiger partial charge in [-0.3, -0.25) is 14.7 Å². The number of halogens is 3. The van der Waals surface area contributed by atoms with Gasteiger partial charge >= 0.3 is 0 Å². The van der Waals surface area contributed by atoms with Gasteiger partial charge in [-0.25, -0.2) is 4.39 Å². The molecule has 0 fully saturated rings. The summed E-state index contributed by atoms with van der Waals surface area (Å²) in [5, 5.41) is 10.2. The fourth-order valence-electron chi connectivity index (χ4n) is 2.22. The Labute approximate surface area is 155 Å². The summed E-state index contributed by atoms with van der Waals surface area (Å²) in [5.74, 6) is -1.00. The van der Waals surface area contributed by atoms with Crippen LogP contribution in [0.15, 0.2) is 42.6 Å². The van der Waals surface area contributed by atoms with E-state index < -0.39 is 5.82 Å². The number of amides is 1. The Morgan fingerprint density at radius 3 is 2.58 bits per heavy atom. The molecule has 0 aliphatic carbocycles. The number of rotatable bonds is 4. The smallest absolute Gasteiger partial charge is 0.235 e. The molecule has 0 aliphatic heterocycles. The van der Waals surface area contributed by atoms with Crippen molar-refractivity contribution in [3.8, 4) is 0 Å². The second-order valence-corrected chi connectivity index (χ2v) is 5.43. The highest BCUT2D eigenvalue weighted by Gasteiger charge is 2.17. The average molecular weight is 457 g/mol. The van der Waals surface area contributed by atoms with Gasteiger partial charge in [-0.05, 0) is 36.4 Å². The lowest BCUT2D eigenvalue weighted by Crippen LogP contribution is -2.15. The Morgan fingerprint density at radius 2 is 1.92 bits per heavy atom. The molecule has 0 atom stereocenters. The first-order valence-electron chi connectivity index (χ1n) is 6.71. The number of carbonyl (C=O) groups excluding carboxylic acids is 2. The predicted octanol–water partition coefficient (Wildman–Crippen LogP) is 3.84. The lowest BCUT2D eigenvalue weighted by atomic mass is 10.00. The number of nitrogens with zero attached hydrogens (tertiary/aromatic N) is 1. The third kappa shape index (κ3) is 3.70. The van der Waals surface area contributed by atoms with Crippen LogP contribution >= 0.6 is 32.9 Å². The highest BCUT2D eigenvalue weighted by atomic mass is 79.9.